The van der Waals surface area contributed by atoms with Gasteiger partial charge >= 0.3 is 0 Å². The zero-order valence-corrected chi connectivity index (χ0v) is 9.32. The third-order valence-corrected chi connectivity index (χ3v) is 3.79. The fraction of sp³-hybridized carbons (Fsp3) is 0.909. The smallest absolute Gasteiger partial charge is 0.0920 e. The number of aliphatic hydroxyl groups excluding tert-OH is 1. The summed E-state index contributed by atoms with van der Waals surface area (Å²) in [5, 5.41) is 17.0. The average molecular weight is 211 g/mol. The summed E-state index contributed by atoms with van der Waals surface area (Å²) in [7, 11) is 0. The van der Waals surface area contributed by atoms with Crippen LogP contribution in [-0.2, 0) is 0 Å². The lowest BCUT2D eigenvalue weighted by Crippen LogP contribution is -2.50. The van der Waals surface area contributed by atoms with Gasteiger partial charge in [0.15, 0.2) is 0 Å². The summed E-state index contributed by atoms with van der Waals surface area (Å²) in [5.74, 6) is 0.271. The Morgan fingerprint density at radius 3 is 2.47 bits per heavy atom. The van der Waals surface area contributed by atoms with Gasteiger partial charge in [-0.05, 0) is 32.6 Å². The van der Waals surface area contributed by atoms with Gasteiger partial charge in [-0.1, -0.05) is 0 Å². The molecule has 86 valence electrons. The van der Waals surface area contributed by atoms with Crippen LogP contribution in [0.4, 0.5) is 0 Å². The fourth-order valence-electron chi connectivity index (χ4n) is 3.33. The minimum atomic E-state index is -0.108. The van der Waals surface area contributed by atoms with E-state index in [1.165, 1.54) is 12.8 Å². The second-order valence-corrected chi connectivity index (χ2v) is 5.04. The summed E-state index contributed by atoms with van der Waals surface area (Å²) >= 11 is 0. The van der Waals surface area contributed by atoms with Crippen LogP contribution >= 0.6 is 0 Å². The van der Waals surface area contributed by atoms with Crippen LogP contribution in [0.15, 0.2) is 0 Å². The van der Waals surface area contributed by atoms with E-state index < -0.39 is 0 Å². The topological polar surface area (TPSA) is 73.3 Å². The van der Waals surface area contributed by atoms with E-state index in [4.69, 9.17) is 11.1 Å². The highest BCUT2D eigenvalue weighted by atomic mass is 16.3. The van der Waals surface area contributed by atoms with Gasteiger partial charge in [0.1, 0.15) is 0 Å². The molecule has 0 aromatic rings. The van der Waals surface area contributed by atoms with Gasteiger partial charge in [-0.25, -0.2) is 0 Å². The molecule has 0 aromatic heterocycles. The minimum absolute atomic E-state index is 0.108. The van der Waals surface area contributed by atoms with E-state index >= 15 is 0 Å². The lowest BCUT2D eigenvalue weighted by molar-refractivity contribution is 0.0161. The van der Waals surface area contributed by atoms with Crippen molar-refractivity contribution in [2.45, 2.75) is 63.3 Å². The molecular weight excluding hydrogens is 190 g/mol. The van der Waals surface area contributed by atoms with Gasteiger partial charge in [0.25, 0.3) is 0 Å². The van der Waals surface area contributed by atoms with Crippen LogP contribution in [0.3, 0.4) is 0 Å². The second-order valence-electron chi connectivity index (χ2n) is 5.04. The maximum atomic E-state index is 9.68. The normalized spacial score (nSPS) is 37.9. The van der Waals surface area contributed by atoms with Gasteiger partial charge in [-0.2, -0.15) is 0 Å². The average Bonchev–Trinajstić information content (AvgIpc) is 2.38. The van der Waals surface area contributed by atoms with E-state index in [1.807, 2.05) is 0 Å². The van der Waals surface area contributed by atoms with Gasteiger partial charge in [-0.15, -0.1) is 0 Å². The predicted molar refractivity (Wildman–Crippen MR) is 59.9 cm³/mol. The van der Waals surface area contributed by atoms with Crippen LogP contribution in [0, 0.1) is 5.41 Å². The van der Waals surface area contributed by atoms with Gasteiger partial charge in [0.2, 0.25) is 0 Å². The number of amidine groups is 1. The molecule has 0 saturated carbocycles. The maximum absolute atomic E-state index is 9.68. The van der Waals surface area contributed by atoms with Crippen molar-refractivity contribution < 1.29 is 5.11 Å². The molecule has 0 radical (unpaired) electrons. The van der Waals surface area contributed by atoms with Crippen molar-refractivity contribution in [3.05, 3.63) is 0 Å². The molecular formula is C11H21N3O. The largest absolute Gasteiger partial charge is 0.393 e. The van der Waals surface area contributed by atoms with Crippen molar-refractivity contribution >= 4 is 5.84 Å². The lowest BCUT2D eigenvalue weighted by Gasteiger charge is -2.41. The van der Waals surface area contributed by atoms with Crippen molar-refractivity contribution in [3.8, 4) is 0 Å². The van der Waals surface area contributed by atoms with Gasteiger partial charge in [0, 0.05) is 24.5 Å². The Balaban J connectivity index is 2.01. The molecule has 2 saturated heterocycles. The first kappa shape index (κ1) is 10.9. The Labute approximate surface area is 91.0 Å². The highest BCUT2D eigenvalue weighted by molar-refractivity contribution is 5.77. The number of nitrogens with two attached hydrogens (primary N) is 1. The number of hydrogen-bond acceptors (Lipinski definition) is 3. The molecule has 0 aliphatic carbocycles. The van der Waals surface area contributed by atoms with Crippen LogP contribution < -0.4 is 5.73 Å². The molecule has 2 bridgehead atoms. The third kappa shape index (κ3) is 2.16. The van der Waals surface area contributed by atoms with Crippen molar-refractivity contribution in [2.24, 2.45) is 5.73 Å². The van der Waals surface area contributed by atoms with Crippen LogP contribution in [-0.4, -0.2) is 40.1 Å². The summed E-state index contributed by atoms with van der Waals surface area (Å²) in [6.07, 6.45) is 4.75. The Morgan fingerprint density at radius 2 is 2.00 bits per heavy atom. The third-order valence-electron chi connectivity index (χ3n) is 3.79. The van der Waals surface area contributed by atoms with Crippen molar-refractivity contribution in [1.82, 2.24) is 4.90 Å². The zero-order valence-electron chi connectivity index (χ0n) is 9.32. The number of piperidine rings is 1. The lowest BCUT2D eigenvalue weighted by atomic mass is 9.97. The molecule has 0 amide bonds. The number of rotatable bonds is 3. The molecule has 0 aromatic carbocycles. The SMILES string of the molecule is CC(CC(=N)N)N1C2CCC1CC(O)C2. The first-order chi connectivity index (χ1) is 7.08. The van der Waals surface area contributed by atoms with Gasteiger partial charge in [-0.3, -0.25) is 10.3 Å². The number of nitrogens with zero attached hydrogens (tertiary/aromatic N) is 1. The van der Waals surface area contributed by atoms with Crippen molar-refractivity contribution in [1.29, 1.82) is 5.41 Å². The number of nitrogens with one attached hydrogen (secondary N) is 1. The highest BCUT2D eigenvalue weighted by Crippen LogP contribution is 2.37. The molecule has 2 heterocycles. The molecule has 4 nitrogen and oxygen atoms in total. The van der Waals surface area contributed by atoms with E-state index in [0.29, 0.717) is 24.5 Å². The Bertz CT molecular complexity index is 242. The van der Waals surface area contributed by atoms with Crippen LogP contribution in [0.25, 0.3) is 0 Å². The van der Waals surface area contributed by atoms with Crippen LogP contribution in [0.5, 0.6) is 0 Å². The van der Waals surface area contributed by atoms with E-state index in [2.05, 4.69) is 11.8 Å². The van der Waals surface area contributed by atoms with Gasteiger partial charge < -0.3 is 10.8 Å². The second kappa shape index (κ2) is 4.10. The van der Waals surface area contributed by atoms with Crippen LogP contribution in [0.2, 0.25) is 0 Å². The van der Waals surface area contributed by atoms with E-state index in [0.717, 1.165) is 12.8 Å². The fourth-order valence-corrected chi connectivity index (χ4v) is 3.33. The molecule has 2 rings (SSSR count). The molecule has 2 aliphatic heterocycles. The maximum Gasteiger partial charge on any atom is 0.0920 e. The van der Waals surface area contributed by atoms with Crippen molar-refractivity contribution in [2.75, 3.05) is 0 Å². The molecule has 3 unspecified atom stereocenters. The Morgan fingerprint density at radius 1 is 1.47 bits per heavy atom. The number of aliphatic hydroxyl groups is 1. The van der Waals surface area contributed by atoms with Crippen molar-refractivity contribution in [3.63, 3.8) is 0 Å². The van der Waals surface area contributed by atoms with E-state index in [1.54, 1.807) is 0 Å². The van der Waals surface area contributed by atoms with E-state index in [-0.39, 0.29) is 11.9 Å². The summed E-state index contributed by atoms with van der Waals surface area (Å²) in [5.41, 5.74) is 5.45. The number of fused-ring (bicyclic) bond motifs is 2. The molecule has 2 aliphatic rings. The number of hydrogen-bond donors (Lipinski definition) is 3. The molecule has 4 heteroatoms. The summed E-state index contributed by atoms with van der Waals surface area (Å²) < 4.78 is 0. The molecule has 3 atom stereocenters. The first-order valence-electron chi connectivity index (χ1n) is 5.86. The Hall–Kier alpha value is -0.610. The van der Waals surface area contributed by atoms with Gasteiger partial charge in [0.05, 0.1) is 11.9 Å². The Kier molecular flexibility index (Phi) is 2.98. The minimum Gasteiger partial charge on any atom is -0.393 e. The molecule has 2 fully saturated rings. The molecule has 4 N–H and O–H groups in total. The molecule has 0 spiro atoms. The summed E-state index contributed by atoms with van der Waals surface area (Å²) in [6.45, 7) is 2.14. The van der Waals surface area contributed by atoms with E-state index in [9.17, 15) is 5.11 Å². The highest BCUT2D eigenvalue weighted by Gasteiger charge is 2.42. The first-order valence-corrected chi connectivity index (χ1v) is 5.86. The van der Waals surface area contributed by atoms with Crippen LogP contribution in [0.1, 0.15) is 39.0 Å². The quantitative estimate of drug-likeness (QED) is 0.475. The monoisotopic (exact) mass is 211 g/mol. The molecule has 15 heavy (non-hydrogen) atoms. The standard InChI is InChI=1S/C11H21N3O/c1-7(4-11(12)13)14-8-2-3-9(14)6-10(15)5-8/h7-10,15H,2-6H2,1H3,(H3,12,13). The summed E-state index contributed by atoms with van der Waals surface area (Å²) in [6, 6.07) is 1.40. The predicted octanol–water partition coefficient (Wildman–Crippen LogP) is 0.689. The zero-order chi connectivity index (χ0) is 11.0. The summed E-state index contributed by atoms with van der Waals surface area (Å²) in [4.78, 5) is 2.48.